The zero-order valence-corrected chi connectivity index (χ0v) is 15.0. The summed E-state index contributed by atoms with van der Waals surface area (Å²) in [5.74, 6) is 0.280. The molecule has 0 radical (unpaired) electrons. The third-order valence-electron chi connectivity index (χ3n) is 4.60. The number of piperidine rings is 1. The van der Waals surface area contributed by atoms with Crippen LogP contribution in [0.1, 0.15) is 23.2 Å². The summed E-state index contributed by atoms with van der Waals surface area (Å²) in [4.78, 5) is 25.2. The number of nitrogens with zero attached hydrogens (tertiary/aromatic N) is 1. The van der Waals surface area contributed by atoms with Crippen molar-refractivity contribution in [1.82, 2.24) is 4.90 Å². The van der Waals surface area contributed by atoms with Crippen LogP contribution in [-0.4, -0.2) is 48.2 Å². The Kier molecular flexibility index (Phi) is 6.30. The molecule has 142 valence electrons. The van der Waals surface area contributed by atoms with Crippen LogP contribution in [0.3, 0.4) is 0 Å². The van der Waals surface area contributed by atoms with Crippen LogP contribution < -0.4 is 9.47 Å². The van der Waals surface area contributed by atoms with Crippen LogP contribution in [0.5, 0.6) is 11.5 Å². The Morgan fingerprint density at radius 2 is 1.44 bits per heavy atom. The van der Waals surface area contributed by atoms with Crippen LogP contribution in [0.15, 0.2) is 54.6 Å². The monoisotopic (exact) mass is 369 g/mol. The van der Waals surface area contributed by atoms with E-state index in [0.717, 1.165) is 5.75 Å². The van der Waals surface area contributed by atoms with E-state index in [1.54, 1.807) is 29.2 Å². The lowest BCUT2D eigenvalue weighted by atomic mass is 9.96. The number of carboxylic acids is 1. The number of likely N-dealkylation sites (tertiary alicyclic amines) is 1. The predicted molar refractivity (Wildman–Crippen MR) is 100 cm³/mol. The third kappa shape index (κ3) is 5.23. The van der Waals surface area contributed by atoms with Gasteiger partial charge in [-0.15, -0.1) is 0 Å². The summed E-state index contributed by atoms with van der Waals surface area (Å²) in [5.41, 5.74) is 0.580. The molecule has 0 atom stereocenters. The molecule has 1 aliphatic heterocycles. The first-order valence-electron chi connectivity index (χ1n) is 9.06. The molecule has 1 amide bonds. The minimum Gasteiger partial charge on any atom is -0.490 e. The van der Waals surface area contributed by atoms with Crippen molar-refractivity contribution in [1.29, 1.82) is 0 Å². The number of amides is 1. The highest BCUT2D eigenvalue weighted by Crippen LogP contribution is 2.20. The van der Waals surface area contributed by atoms with E-state index in [-0.39, 0.29) is 11.8 Å². The standard InChI is InChI=1S/C21H23NO5/c23-20(22-12-10-17(11-13-22)21(24)25)16-6-8-19(9-7-16)27-15-14-26-18-4-2-1-3-5-18/h1-9,17H,10-15H2,(H,24,25). The second-order valence-corrected chi connectivity index (χ2v) is 6.44. The van der Waals surface area contributed by atoms with E-state index in [2.05, 4.69) is 0 Å². The molecule has 0 unspecified atom stereocenters. The van der Waals surface area contributed by atoms with E-state index in [1.807, 2.05) is 30.3 Å². The Hall–Kier alpha value is -3.02. The molecule has 27 heavy (non-hydrogen) atoms. The van der Waals surface area contributed by atoms with Crippen LogP contribution >= 0.6 is 0 Å². The van der Waals surface area contributed by atoms with Gasteiger partial charge in [0.05, 0.1) is 5.92 Å². The third-order valence-corrected chi connectivity index (χ3v) is 4.60. The van der Waals surface area contributed by atoms with Crippen LogP contribution in [0.25, 0.3) is 0 Å². The summed E-state index contributed by atoms with van der Waals surface area (Å²) in [7, 11) is 0. The normalized spacial score (nSPS) is 14.6. The topological polar surface area (TPSA) is 76.1 Å². The number of ether oxygens (including phenoxy) is 2. The van der Waals surface area contributed by atoms with Gasteiger partial charge >= 0.3 is 5.97 Å². The van der Waals surface area contributed by atoms with Crippen molar-refractivity contribution in [2.45, 2.75) is 12.8 Å². The Labute approximate surface area is 158 Å². The summed E-state index contributed by atoms with van der Waals surface area (Å²) in [6, 6.07) is 16.5. The highest BCUT2D eigenvalue weighted by atomic mass is 16.5. The minimum atomic E-state index is -0.778. The zero-order chi connectivity index (χ0) is 19.1. The van der Waals surface area contributed by atoms with Gasteiger partial charge in [0.2, 0.25) is 0 Å². The number of rotatable bonds is 7. The highest BCUT2D eigenvalue weighted by molar-refractivity contribution is 5.94. The van der Waals surface area contributed by atoms with Crippen LogP contribution in [-0.2, 0) is 4.79 Å². The average molecular weight is 369 g/mol. The van der Waals surface area contributed by atoms with Gasteiger partial charge in [-0.1, -0.05) is 18.2 Å². The maximum Gasteiger partial charge on any atom is 0.306 e. The number of benzene rings is 2. The maximum atomic E-state index is 12.5. The lowest BCUT2D eigenvalue weighted by Gasteiger charge is -2.30. The van der Waals surface area contributed by atoms with E-state index < -0.39 is 5.97 Å². The van der Waals surface area contributed by atoms with Gasteiger partial charge in [0.15, 0.2) is 0 Å². The van der Waals surface area contributed by atoms with Crippen molar-refractivity contribution in [2.24, 2.45) is 5.92 Å². The van der Waals surface area contributed by atoms with E-state index >= 15 is 0 Å². The van der Waals surface area contributed by atoms with Gasteiger partial charge in [0, 0.05) is 18.7 Å². The van der Waals surface area contributed by atoms with Gasteiger partial charge in [-0.25, -0.2) is 0 Å². The molecule has 0 saturated carbocycles. The fourth-order valence-electron chi connectivity index (χ4n) is 3.04. The summed E-state index contributed by atoms with van der Waals surface area (Å²) in [5, 5.41) is 9.04. The molecular formula is C21H23NO5. The molecule has 6 nitrogen and oxygen atoms in total. The Morgan fingerprint density at radius 3 is 2.00 bits per heavy atom. The van der Waals surface area contributed by atoms with E-state index in [4.69, 9.17) is 14.6 Å². The molecule has 0 bridgehead atoms. The average Bonchev–Trinajstić information content (AvgIpc) is 2.72. The summed E-state index contributed by atoms with van der Waals surface area (Å²) in [6.07, 6.45) is 1.01. The zero-order valence-electron chi connectivity index (χ0n) is 15.0. The quantitative estimate of drug-likeness (QED) is 0.759. The molecule has 3 rings (SSSR count). The van der Waals surface area contributed by atoms with Gasteiger partial charge in [0.1, 0.15) is 24.7 Å². The van der Waals surface area contributed by atoms with E-state index in [0.29, 0.717) is 50.5 Å². The maximum absolute atomic E-state index is 12.5. The Bertz CT molecular complexity index is 752. The van der Waals surface area contributed by atoms with Gasteiger partial charge in [-0.05, 0) is 49.2 Å². The number of hydrogen-bond donors (Lipinski definition) is 1. The van der Waals surface area contributed by atoms with Crippen LogP contribution in [0.2, 0.25) is 0 Å². The molecule has 1 saturated heterocycles. The number of aliphatic carboxylic acids is 1. The van der Waals surface area contributed by atoms with Gasteiger partial charge in [0.25, 0.3) is 5.91 Å². The first-order chi connectivity index (χ1) is 13.1. The van der Waals surface area contributed by atoms with Gasteiger partial charge in [-0.3, -0.25) is 9.59 Å². The Balaban J connectivity index is 1.44. The number of para-hydroxylation sites is 1. The summed E-state index contributed by atoms with van der Waals surface area (Å²) in [6.45, 7) is 1.80. The van der Waals surface area contributed by atoms with Crippen LogP contribution in [0, 0.1) is 5.92 Å². The first kappa shape index (κ1) is 18.8. The molecule has 2 aromatic carbocycles. The number of hydrogen-bond acceptors (Lipinski definition) is 4. The van der Waals surface area contributed by atoms with Crippen molar-refractivity contribution in [2.75, 3.05) is 26.3 Å². The molecule has 6 heteroatoms. The van der Waals surface area contributed by atoms with Crippen LogP contribution in [0.4, 0.5) is 0 Å². The lowest BCUT2D eigenvalue weighted by molar-refractivity contribution is -0.143. The predicted octanol–water partition coefficient (Wildman–Crippen LogP) is 3.08. The fourth-order valence-corrected chi connectivity index (χ4v) is 3.04. The lowest BCUT2D eigenvalue weighted by Crippen LogP contribution is -2.40. The van der Waals surface area contributed by atoms with Crippen molar-refractivity contribution in [3.05, 3.63) is 60.2 Å². The smallest absolute Gasteiger partial charge is 0.306 e. The first-order valence-corrected chi connectivity index (χ1v) is 9.06. The fraction of sp³-hybridized carbons (Fsp3) is 0.333. The summed E-state index contributed by atoms with van der Waals surface area (Å²) < 4.78 is 11.2. The second kappa shape index (κ2) is 9.07. The number of carboxylic acid groups (broad SMARTS) is 1. The molecular weight excluding hydrogens is 346 g/mol. The molecule has 0 aliphatic carbocycles. The van der Waals surface area contributed by atoms with Crippen molar-refractivity contribution in [3.63, 3.8) is 0 Å². The second-order valence-electron chi connectivity index (χ2n) is 6.44. The van der Waals surface area contributed by atoms with Crippen molar-refractivity contribution in [3.8, 4) is 11.5 Å². The van der Waals surface area contributed by atoms with Crippen molar-refractivity contribution >= 4 is 11.9 Å². The van der Waals surface area contributed by atoms with Crippen molar-refractivity contribution < 1.29 is 24.2 Å². The largest absolute Gasteiger partial charge is 0.490 e. The Morgan fingerprint density at radius 1 is 0.889 bits per heavy atom. The molecule has 1 fully saturated rings. The van der Waals surface area contributed by atoms with E-state index in [9.17, 15) is 9.59 Å². The number of carbonyl (C=O) groups excluding carboxylic acids is 1. The molecule has 0 aromatic heterocycles. The molecule has 2 aromatic rings. The molecule has 0 spiro atoms. The highest BCUT2D eigenvalue weighted by Gasteiger charge is 2.27. The van der Waals surface area contributed by atoms with E-state index in [1.165, 1.54) is 0 Å². The van der Waals surface area contributed by atoms with Gasteiger partial charge < -0.3 is 19.5 Å². The summed E-state index contributed by atoms with van der Waals surface area (Å²) >= 11 is 0. The molecule has 1 heterocycles. The molecule has 1 aliphatic rings. The molecule has 1 N–H and O–H groups in total. The van der Waals surface area contributed by atoms with Gasteiger partial charge in [-0.2, -0.15) is 0 Å². The SMILES string of the molecule is O=C(O)C1CCN(C(=O)c2ccc(OCCOc3ccccc3)cc2)CC1. The minimum absolute atomic E-state index is 0.0715. The number of carbonyl (C=O) groups is 2.